The maximum Gasteiger partial charge on any atom is 0.323 e. The number of methoxy groups -OCH3 is 1. The van der Waals surface area contributed by atoms with Gasteiger partial charge in [0.1, 0.15) is 22.7 Å². The van der Waals surface area contributed by atoms with Gasteiger partial charge in [0.15, 0.2) is 11.0 Å². The molecule has 2 aromatic rings. The van der Waals surface area contributed by atoms with Crippen LogP contribution >= 0.6 is 35.3 Å². The van der Waals surface area contributed by atoms with Crippen LogP contribution in [0.1, 0.15) is 0 Å². The normalized spacial score (nSPS) is 18.0. The zero-order valence-electron chi connectivity index (χ0n) is 21.5. The molecular formula is C25H24N4O8S4. The number of hydrogen-bond acceptors (Lipinski definition) is 10. The molecule has 2 aliphatic heterocycles. The number of fused-ring (bicyclic) bond motifs is 1. The number of carbonyl (C=O) groups is 2. The number of benzene rings is 1. The lowest BCUT2D eigenvalue weighted by Crippen LogP contribution is -2.37. The van der Waals surface area contributed by atoms with Crippen LogP contribution in [0, 0.1) is 0 Å². The first-order valence-electron chi connectivity index (χ1n) is 11.7. The third-order valence-electron chi connectivity index (χ3n) is 5.81. The van der Waals surface area contributed by atoms with Crippen molar-refractivity contribution in [3.63, 3.8) is 0 Å². The van der Waals surface area contributed by atoms with E-state index in [9.17, 15) is 32.5 Å². The van der Waals surface area contributed by atoms with E-state index < -0.39 is 40.0 Å². The molecule has 216 valence electrons. The highest BCUT2D eigenvalue weighted by Gasteiger charge is 2.38. The second kappa shape index (κ2) is 12.0. The summed E-state index contributed by atoms with van der Waals surface area (Å²) in [6.45, 7) is 6.88. The maximum absolute atomic E-state index is 13.4. The predicted molar refractivity (Wildman–Crippen MR) is 161 cm³/mol. The van der Waals surface area contributed by atoms with Crippen LogP contribution in [0.3, 0.4) is 0 Å². The maximum atomic E-state index is 13.4. The van der Waals surface area contributed by atoms with Crippen LogP contribution in [0.4, 0.5) is 5.69 Å². The minimum Gasteiger partial charge on any atom is -0.497 e. The summed E-state index contributed by atoms with van der Waals surface area (Å²) in [5.41, 5.74) is -0.153. The fourth-order valence-electron chi connectivity index (χ4n) is 4.13. The summed E-state index contributed by atoms with van der Waals surface area (Å²) in [4.78, 5) is 43.3. The average Bonchev–Trinajstić information content (AvgIpc) is 3.47. The Bertz CT molecular complexity index is 1790. The predicted octanol–water partition coefficient (Wildman–Crippen LogP) is 0.992. The van der Waals surface area contributed by atoms with Crippen molar-refractivity contribution >= 4 is 79.9 Å². The van der Waals surface area contributed by atoms with Crippen molar-refractivity contribution in [2.24, 2.45) is 0 Å². The third kappa shape index (κ3) is 6.15. The summed E-state index contributed by atoms with van der Waals surface area (Å²) in [6, 6.07) is 5.05. The third-order valence-corrected chi connectivity index (χ3v) is 9.11. The van der Waals surface area contributed by atoms with Crippen molar-refractivity contribution in [3.05, 3.63) is 74.2 Å². The number of anilines is 1. The highest BCUT2D eigenvalue weighted by atomic mass is 32.2. The van der Waals surface area contributed by atoms with E-state index in [1.54, 1.807) is 18.2 Å². The van der Waals surface area contributed by atoms with E-state index >= 15 is 0 Å². The number of nitrogens with zero attached hydrogens (tertiary/aromatic N) is 4. The summed E-state index contributed by atoms with van der Waals surface area (Å²) in [5.74, 6) is -2.09. The van der Waals surface area contributed by atoms with Gasteiger partial charge in [-0.1, -0.05) is 23.9 Å². The van der Waals surface area contributed by atoms with E-state index in [1.807, 2.05) is 0 Å². The summed E-state index contributed by atoms with van der Waals surface area (Å²) in [5, 5.41) is 10.1. The molecule has 1 aromatic heterocycles. The molecule has 1 amide bonds. The van der Waals surface area contributed by atoms with Crippen LogP contribution in [0.5, 0.6) is 5.75 Å². The van der Waals surface area contributed by atoms with Crippen molar-refractivity contribution in [2.75, 3.05) is 31.0 Å². The highest BCUT2D eigenvalue weighted by Crippen LogP contribution is 2.47. The molecule has 0 atom stereocenters. The Morgan fingerprint density at radius 2 is 1.80 bits per heavy atom. The number of thioether (sulfide) groups is 1. The smallest absolute Gasteiger partial charge is 0.323 e. The van der Waals surface area contributed by atoms with Crippen molar-refractivity contribution in [1.29, 1.82) is 0 Å². The summed E-state index contributed by atoms with van der Waals surface area (Å²) in [6.07, 6.45) is 5.92. The molecule has 4 rings (SSSR count). The Morgan fingerprint density at radius 1 is 1.12 bits per heavy atom. The summed E-state index contributed by atoms with van der Waals surface area (Å²) >= 11 is 7.56. The highest BCUT2D eigenvalue weighted by molar-refractivity contribution is 8.03. The first kappa shape index (κ1) is 30.3. The lowest BCUT2D eigenvalue weighted by Gasteiger charge is -2.18. The number of thiazole rings is 1. The van der Waals surface area contributed by atoms with Gasteiger partial charge in [-0.05, 0) is 36.5 Å². The van der Waals surface area contributed by atoms with E-state index in [2.05, 4.69) is 13.2 Å². The fourth-order valence-corrected chi connectivity index (χ4v) is 7.28. The molecule has 2 aliphatic rings. The first-order valence-corrected chi connectivity index (χ1v) is 15.4. The van der Waals surface area contributed by atoms with E-state index in [4.69, 9.17) is 17.0 Å². The number of carboxylic acid groups (broad SMARTS) is 1. The van der Waals surface area contributed by atoms with Crippen LogP contribution in [0.25, 0.3) is 11.8 Å². The number of carbonyl (C=O) groups excluding carboxylic acids is 1. The number of aromatic nitrogens is 1. The molecule has 0 bridgehead atoms. The van der Waals surface area contributed by atoms with Crippen LogP contribution in [-0.2, 0) is 26.3 Å². The molecule has 2 N–H and O–H groups in total. The van der Waals surface area contributed by atoms with Gasteiger partial charge in [-0.25, -0.2) is 0 Å². The average molecular weight is 637 g/mol. The molecule has 1 saturated heterocycles. The molecule has 1 aromatic carbocycles. The molecule has 0 unspecified atom stereocenters. The van der Waals surface area contributed by atoms with Gasteiger partial charge in [0, 0.05) is 24.1 Å². The SMILES string of the molecule is C=CCN1C(=O)/C(=c2/s/c(=C\C=C3\Sc4ccc(OC)cc4N3CS(=O)(=O)O)c(=O)n2CC(=O)O)N(CC=C)C1=S. The molecule has 3 heterocycles. The largest absolute Gasteiger partial charge is 0.497 e. The van der Waals surface area contributed by atoms with Gasteiger partial charge in [0.2, 0.25) is 0 Å². The number of ether oxygens (including phenoxy) is 1. The fraction of sp³-hybridized carbons (Fsp3) is 0.200. The molecule has 0 saturated carbocycles. The minimum absolute atomic E-state index is 0.0372. The van der Waals surface area contributed by atoms with E-state index in [-0.39, 0.29) is 33.1 Å². The van der Waals surface area contributed by atoms with Crippen molar-refractivity contribution in [3.8, 4) is 5.75 Å². The number of allylic oxidation sites excluding steroid dienone is 1. The quantitative estimate of drug-likeness (QED) is 0.218. The molecule has 16 heteroatoms. The number of thiocarbonyl (C=S) groups is 1. The summed E-state index contributed by atoms with van der Waals surface area (Å²) in [7, 11) is -2.98. The van der Waals surface area contributed by atoms with Crippen LogP contribution in [-0.4, -0.2) is 75.5 Å². The molecule has 1 fully saturated rings. The van der Waals surface area contributed by atoms with E-state index in [1.165, 1.54) is 57.9 Å². The lowest BCUT2D eigenvalue weighted by molar-refractivity contribution is -0.137. The van der Waals surface area contributed by atoms with Crippen LogP contribution in [0.2, 0.25) is 0 Å². The topological polar surface area (TPSA) is 150 Å². The van der Waals surface area contributed by atoms with Crippen LogP contribution in [0.15, 0.2) is 64.3 Å². The molecule has 41 heavy (non-hydrogen) atoms. The second-order valence-corrected chi connectivity index (χ2v) is 12.4. The minimum atomic E-state index is -4.44. The Morgan fingerprint density at radius 3 is 2.41 bits per heavy atom. The molecular weight excluding hydrogens is 613 g/mol. The second-order valence-electron chi connectivity index (χ2n) is 8.54. The zero-order chi connectivity index (χ0) is 30.1. The molecule has 0 radical (unpaired) electrons. The number of rotatable bonds is 10. The van der Waals surface area contributed by atoms with E-state index in [0.717, 1.165) is 15.9 Å². The van der Waals surface area contributed by atoms with Crippen LogP contribution < -0.4 is 24.4 Å². The number of aliphatic carboxylic acids is 1. The molecule has 0 spiro atoms. The molecule has 12 nitrogen and oxygen atoms in total. The number of amides is 1. The first-order chi connectivity index (χ1) is 19.4. The lowest BCUT2D eigenvalue weighted by atomic mass is 10.3. The zero-order valence-corrected chi connectivity index (χ0v) is 24.8. The van der Waals surface area contributed by atoms with Crippen molar-refractivity contribution < 1.29 is 32.4 Å². The Labute approximate surface area is 248 Å². The standard InChI is InChI=1S/C25H24N4O8S4/c1-4-10-26-21(23(33)27(11-5-2)25(26)38)24-28(13-20(30)31)22(32)18(40-24)8-9-19-29(14-41(34,35)36)16-12-15(37-3)6-7-17(16)39-19/h4-9,12H,1-2,10-11,13-14H2,3H3,(H,30,31)(H,34,35,36)/b18-8-,19-9+,24-21-. The van der Waals surface area contributed by atoms with Gasteiger partial charge in [-0.3, -0.25) is 28.4 Å². The van der Waals surface area contributed by atoms with Gasteiger partial charge in [0.25, 0.3) is 21.6 Å². The number of carboxylic acids is 1. The van der Waals surface area contributed by atoms with Crippen molar-refractivity contribution in [1.82, 2.24) is 14.4 Å². The molecule has 0 aliphatic carbocycles. The van der Waals surface area contributed by atoms with Gasteiger partial charge in [-0.2, -0.15) is 8.42 Å². The van der Waals surface area contributed by atoms with E-state index in [0.29, 0.717) is 21.4 Å². The Balaban J connectivity index is 1.92. The van der Waals surface area contributed by atoms with Crippen molar-refractivity contribution in [2.45, 2.75) is 11.4 Å². The van der Waals surface area contributed by atoms with Gasteiger partial charge >= 0.3 is 5.97 Å². The monoisotopic (exact) mass is 636 g/mol. The Kier molecular flexibility index (Phi) is 8.89. The van der Waals surface area contributed by atoms with Gasteiger partial charge in [-0.15, -0.1) is 24.5 Å². The van der Waals surface area contributed by atoms with Gasteiger partial charge in [0.05, 0.1) is 22.4 Å². The van der Waals surface area contributed by atoms with Gasteiger partial charge < -0.3 is 19.6 Å². The Hall–Kier alpha value is -3.70. The number of hydrogen-bond donors (Lipinski definition) is 2. The summed E-state index contributed by atoms with van der Waals surface area (Å²) < 4.78 is 39.6.